The third-order valence-corrected chi connectivity index (χ3v) is 3.92. The first-order chi connectivity index (χ1) is 8.49. The average Bonchev–Trinajstić information content (AvgIpc) is 2.29. The summed E-state index contributed by atoms with van der Waals surface area (Å²) in [6.45, 7) is 10.3. The molecule has 0 atom stereocenters. The average molecular weight is 273 g/mol. The van der Waals surface area contributed by atoms with Crippen molar-refractivity contribution in [2.24, 2.45) is 17.8 Å². The summed E-state index contributed by atoms with van der Waals surface area (Å²) in [5, 5.41) is 10.9. The van der Waals surface area contributed by atoms with Crippen LogP contribution >= 0.6 is 12.6 Å². The van der Waals surface area contributed by atoms with Crippen molar-refractivity contribution in [1.29, 1.82) is 5.41 Å². The number of rotatable bonds is 10. The maximum absolute atomic E-state index is 7.70. The lowest BCUT2D eigenvalue weighted by Gasteiger charge is -2.24. The van der Waals surface area contributed by atoms with Gasteiger partial charge in [0.2, 0.25) is 0 Å². The molecule has 0 aromatic rings. The van der Waals surface area contributed by atoms with Crippen molar-refractivity contribution in [3.8, 4) is 0 Å². The molecule has 0 aromatic carbocycles. The highest BCUT2D eigenvalue weighted by atomic mass is 32.1. The van der Waals surface area contributed by atoms with Crippen LogP contribution in [0.15, 0.2) is 0 Å². The molecule has 0 spiro atoms. The standard InChI is InChI=1S/C15H32N2S/c1-12(2)14(13(3)4)8-5-6-10-17-15(16)9-7-11-18/h12-14,18H,5-11H2,1-4H3,(H2,16,17). The molecule has 0 aliphatic rings. The van der Waals surface area contributed by atoms with Crippen LogP contribution in [0.3, 0.4) is 0 Å². The maximum atomic E-state index is 7.70. The molecule has 0 fully saturated rings. The second-order valence-electron chi connectivity index (χ2n) is 5.88. The Balaban J connectivity index is 3.57. The third-order valence-electron chi connectivity index (χ3n) is 3.60. The first-order valence-corrected chi connectivity index (χ1v) is 8.04. The summed E-state index contributed by atoms with van der Waals surface area (Å²) in [6.07, 6.45) is 5.61. The van der Waals surface area contributed by atoms with Gasteiger partial charge in [-0.15, -0.1) is 0 Å². The van der Waals surface area contributed by atoms with E-state index in [0.717, 1.165) is 42.9 Å². The van der Waals surface area contributed by atoms with E-state index in [1.165, 1.54) is 19.3 Å². The highest BCUT2D eigenvalue weighted by Gasteiger charge is 2.16. The van der Waals surface area contributed by atoms with Crippen molar-refractivity contribution >= 4 is 18.5 Å². The molecule has 2 nitrogen and oxygen atoms in total. The zero-order chi connectivity index (χ0) is 14.0. The quantitative estimate of drug-likeness (QED) is 0.235. The van der Waals surface area contributed by atoms with Crippen LogP contribution < -0.4 is 5.32 Å². The van der Waals surface area contributed by atoms with Gasteiger partial charge in [-0.1, -0.05) is 34.1 Å². The van der Waals surface area contributed by atoms with Crippen molar-refractivity contribution in [2.75, 3.05) is 12.3 Å². The van der Waals surface area contributed by atoms with E-state index in [2.05, 4.69) is 45.6 Å². The van der Waals surface area contributed by atoms with Crippen LogP contribution in [0.5, 0.6) is 0 Å². The number of thiol groups is 1. The SMILES string of the molecule is CC(C)C(CCCCNC(=N)CCCS)C(C)C. The second-order valence-corrected chi connectivity index (χ2v) is 6.33. The Morgan fingerprint density at radius 3 is 2.17 bits per heavy atom. The molecule has 0 heterocycles. The van der Waals surface area contributed by atoms with E-state index in [-0.39, 0.29) is 0 Å². The summed E-state index contributed by atoms with van der Waals surface area (Å²) < 4.78 is 0. The topological polar surface area (TPSA) is 35.9 Å². The molecule has 3 heteroatoms. The lowest BCUT2D eigenvalue weighted by Crippen LogP contribution is -2.24. The number of unbranched alkanes of at least 4 members (excludes halogenated alkanes) is 1. The van der Waals surface area contributed by atoms with Gasteiger partial charge in [-0.2, -0.15) is 12.6 Å². The van der Waals surface area contributed by atoms with Crippen LogP contribution in [0.1, 0.15) is 59.8 Å². The molecular weight excluding hydrogens is 240 g/mol. The molecule has 18 heavy (non-hydrogen) atoms. The Morgan fingerprint density at radius 1 is 1.06 bits per heavy atom. The largest absolute Gasteiger partial charge is 0.374 e. The molecular formula is C15H32N2S. The minimum absolute atomic E-state index is 0.674. The summed E-state index contributed by atoms with van der Waals surface area (Å²) in [5.74, 6) is 3.95. The Bertz CT molecular complexity index is 207. The normalized spacial score (nSPS) is 11.6. The molecule has 0 amide bonds. The summed E-state index contributed by atoms with van der Waals surface area (Å²) in [5.41, 5.74) is 0. The van der Waals surface area contributed by atoms with Crippen LogP contribution in [0, 0.1) is 23.2 Å². The Labute approximate surface area is 119 Å². The molecule has 108 valence electrons. The highest BCUT2D eigenvalue weighted by molar-refractivity contribution is 7.80. The minimum Gasteiger partial charge on any atom is -0.374 e. The molecule has 2 N–H and O–H groups in total. The van der Waals surface area contributed by atoms with Crippen LogP contribution in [0.25, 0.3) is 0 Å². The summed E-state index contributed by atoms with van der Waals surface area (Å²) in [6, 6.07) is 0. The van der Waals surface area contributed by atoms with Gasteiger partial charge >= 0.3 is 0 Å². The van der Waals surface area contributed by atoms with E-state index in [1.807, 2.05) is 0 Å². The van der Waals surface area contributed by atoms with Gasteiger partial charge in [0.25, 0.3) is 0 Å². The molecule has 0 saturated carbocycles. The smallest absolute Gasteiger partial charge is 0.0931 e. The fraction of sp³-hybridized carbons (Fsp3) is 0.933. The highest BCUT2D eigenvalue weighted by Crippen LogP contribution is 2.25. The first-order valence-electron chi connectivity index (χ1n) is 7.41. The first kappa shape index (κ1) is 17.8. The van der Waals surface area contributed by atoms with E-state index in [4.69, 9.17) is 5.41 Å². The molecule has 0 aliphatic carbocycles. The summed E-state index contributed by atoms with van der Waals surface area (Å²) in [7, 11) is 0. The van der Waals surface area contributed by atoms with E-state index in [9.17, 15) is 0 Å². The third kappa shape index (κ3) is 8.84. The van der Waals surface area contributed by atoms with Crippen molar-refractivity contribution in [1.82, 2.24) is 5.32 Å². The lowest BCUT2D eigenvalue weighted by atomic mass is 9.82. The molecule has 0 radical (unpaired) electrons. The van der Waals surface area contributed by atoms with Crippen molar-refractivity contribution < 1.29 is 0 Å². The van der Waals surface area contributed by atoms with Gasteiger partial charge in [0.05, 0.1) is 5.84 Å². The van der Waals surface area contributed by atoms with Crippen molar-refractivity contribution in [2.45, 2.75) is 59.8 Å². The Hall–Kier alpha value is -0.180. The fourth-order valence-corrected chi connectivity index (χ4v) is 2.68. The van der Waals surface area contributed by atoms with E-state index >= 15 is 0 Å². The summed E-state index contributed by atoms with van der Waals surface area (Å²) in [4.78, 5) is 0. The maximum Gasteiger partial charge on any atom is 0.0931 e. The van der Waals surface area contributed by atoms with Gasteiger partial charge in [0.15, 0.2) is 0 Å². The minimum atomic E-state index is 0.674. The van der Waals surface area contributed by atoms with Gasteiger partial charge < -0.3 is 5.32 Å². The van der Waals surface area contributed by atoms with Gasteiger partial charge in [-0.3, -0.25) is 5.41 Å². The molecule has 0 unspecified atom stereocenters. The predicted molar refractivity (Wildman–Crippen MR) is 85.8 cm³/mol. The molecule has 0 aliphatic heterocycles. The molecule has 0 saturated heterocycles. The zero-order valence-corrected chi connectivity index (χ0v) is 13.5. The zero-order valence-electron chi connectivity index (χ0n) is 12.6. The van der Waals surface area contributed by atoms with Crippen LogP contribution in [0.4, 0.5) is 0 Å². The number of hydrogen-bond acceptors (Lipinski definition) is 2. The van der Waals surface area contributed by atoms with E-state index in [1.54, 1.807) is 0 Å². The van der Waals surface area contributed by atoms with Gasteiger partial charge in [0, 0.05) is 13.0 Å². The van der Waals surface area contributed by atoms with Crippen molar-refractivity contribution in [3.63, 3.8) is 0 Å². The second kappa shape index (κ2) is 10.7. The van der Waals surface area contributed by atoms with Crippen LogP contribution in [-0.2, 0) is 0 Å². The fourth-order valence-electron chi connectivity index (χ4n) is 2.53. The molecule has 0 bridgehead atoms. The van der Waals surface area contributed by atoms with Gasteiger partial charge in [-0.25, -0.2) is 0 Å². The van der Waals surface area contributed by atoms with Crippen molar-refractivity contribution in [3.05, 3.63) is 0 Å². The number of amidine groups is 1. The Morgan fingerprint density at radius 2 is 1.67 bits per heavy atom. The molecule has 0 aromatic heterocycles. The van der Waals surface area contributed by atoms with Crippen LogP contribution in [-0.4, -0.2) is 18.1 Å². The van der Waals surface area contributed by atoms with E-state index in [0.29, 0.717) is 5.84 Å². The number of nitrogens with one attached hydrogen (secondary N) is 2. The lowest BCUT2D eigenvalue weighted by molar-refractivity contribution is 0.262. The monoisotopic (exact) mass is 272 g/mol. The number of hydrogen-bond donors (Lipinski definition) is 3. The molecule has 0 rings (SSSR count). The van der Waals surface area contributed by atoms with Gasteiger partial charge in [-0.05, 0) is 42.8 Å². The summed E-state index contributed by atoms with van der Waals surface area (Å²) >= 11 is 4.16. The Kier molecular flexibility index (Phi) is 10.6. The van der Waals surface area contributed by atoms with E-state index < -0.39 is 0 Å². The van der Waals surface area contributed by atoms with Gasteiger partial charge in [0.1, 0.15) is 0 Å². The predicted octanol–water partition coefficient (Wildman–Crippen LogP) is 4.36. The van der Waals surface area contributed by atoms with Crippen LogP contribution in [0.2, 0.25) is 0 Å².